The number of Topliss-reactive ketones (excluding diaryl/α,β-unsaturated/α-hetero) is 1. The van der Waals surface area contributed by atoms with Crippen molar-refractivity contribution < 1.29 is 23.8 Å². The summed E-state index contributed by atoms with van der Waals surface area (Å²) in [5.74, 6) is 0.973. The van der Waals surface area contributed by atoms with Crippen molar-refractivity contribution >= 4 is 17.4 Å². The molecule has 0 saturated carbocycles. The maximum atomic E-state index is 12.1. The van der Waals surface area contributed by atoms with Crippen LogP contribution in [0.1, 0.15) is 17.3 Å². The third-order valence-electron chi connectivity index (χ3n) is 3.31. The van der Waals surface area contributed by atoms with Crippen LogP contribution in [0.25, 0.3) is 0 Å². The van der Waals surface area contributed by atoms with Crippen LogP contribution in [0.4, 0.5) is 5.69 Å². The third-order valence-corrected chi connectivity index (χ3v) is 3.31. The molecule has 0 aromatic heterocycles. The van der Waals surface area contributed by atoms with Gasteiger partial charge in [0.05, 0.1) is 25.5 Å². The average Bonchev–Trinajstić information content (AvgIpc) is 2.60. The molecule has 0 aliphatic heterocycles. The van der Waals surface area contributed by atoms with Crippen molar-refractivity contribution in [2.24, 2.45) is 0 Å². The fourth-order valence-electron chi connectivity index (χ4n) is 2.12. The molecule has 1 N–H and O–H groups in total. The minimum absolute atomic E-state index is 0.125. The largest absolute Gasteiger partial charge is 0.497 e. The van der Waals surface area contributed by atoms with Crippen LogP contribution in [0.15, 0.2) is 42.5 Å². The Hall–Kier alpha value is -3.02. The Morgan fingerprint density at radius 3 is 2.42 bits per heavy atom. The van der Waals surface area contributed by atoms with Gasteiger partial charge in [-0.15, -0.1) is 0 Å². The molecule has 0 aliphatic carbocycles. The summed E-state index contributed by atoms with van der Waals surface area (Å²) in [5, 5.41) is 2.70. The third kappa shape index (κ3) is 4.25. The van der Waals surface area contributed by atoms with Crippen LogP contribution < -0.4 is 19.5 Å². The second kappa shape index (κ2) is 8.01. The Morgan fingerprint density at radius 2 is 1.75 bits per heavy atom. The van der Waals surface area contributed by atoms with E-state index in [-0.39, 0.29) is 18.3 Å². The van der Waals surface area contributed by atoms with Crippen LogP contribution in [0.2, 0.25) is 0 Å². The van der Waals surface area contributed by atoms with Gasteiger partial charge in [0.25, 0.3) is 5.91 Å². The van der Waals surface area contributed by atoms with Crippen LogP contribution in [-0.2, 0) is 4.79 Å². The van der Waals surface area contributed by atoms with Gasteiger partial charge < -0.3 is 19.5 Å². The van der Waals surface area contributed by atoms with Crippen LogP contribution in [0, 0.1) is 0 Å². The first-order chi connectivity index (χ1) is 11.5. The van der Waals surface area contributed by atoms with Gasteiger partial charge in [0.2, 0.25) is 0 Å². The van der Waals surface area contributed by atoms with Gasteiger partial charge in [0, 0.05) is 6.07 Å². The second-order valence-corrected chi connectivity index (χ2v) is 4.96. The topological polar surface area (TPSA) is 73.9 Å². The van der Waals surface area contributed by atoms with Crippen LogP contribution >= 0.6 is 0 Å². The molecule has 0 heterocycles. The molecule has 2 aromatic carbocycles. The van der Waals surface area contributed by atoms with E-state index in [4.69, 9.17) is 14.2 Å². The van der Waals surface area contributed by atoms with Gasteiger partial charge in [-0.05, 0) is 31.2 Å². The predicted octanol–water partition coefficient (Wildman–Crippen LogP) is 2.92. The van der Waals surface area contributed by atoms with Gasteiger partial charge >= 0.3 is 0 Å². The monoisotopic (exact) mass is 329 g/mol. The number of hydrogen-bond acceptors (Lipinski definition) is 5. The molecule has 2 aromatic rings. The average molecular weight is 329 g/mol. The van der Waals surface area contributed by atoms with E-state index in [0.717, 1.165) is 0 Å². The first kappa shape index (κ1) is 17.3. The Bertz CT molecular complexity index is 742. The van der Waals surface area contributed by atoms with Crippen molar-refractivity contribution in [3.63, 3.8) is 0 Å². The number of ketones is 1. The number of nitrogens with one attached hydrogen (secondary N) is 1. The molecule has 1 amide bonds. The standard InChI is InChI=1S/C18H19NO5/c1-12(20)14-6-4-5-7-16(14)24-11-18(21)19-15-10-13(22-2)8-9-17(15)23-3/h4-10H,11H2,1-3H3,(H,19,21). The Kier molecular flexibility index (Phi) is 5.78. The number of amides is 1. The van der Waals surface area contributed by atoms with Gasteiger partial charge in [-0.3, -0.25) is 9.59 Å². The first-order valence-corrected chi connectivity index (χ1v) is 7.29. The zero-order valence-electron chi connectivity index (χ0n) is 13.8. The van der Waals surface area contributed by atoms with Crippen LogP contribution in [0.3, 0.4) is 0 Å². The number of ether oxygens (including phenoxy) is 3. The van der Waals surface area contributed by atoms with E-state index < -0.39 is 0 Å². The molecular formula is C18H19NO5. The van der Waals surface area contributed by atoms with Gasteiger partial charge in [0.15, 0.2) is 12.4 Å². The van der Waals surface area contributed by atoms with E-state index >= 15 is 0 Å². The summed E-state index contributed by atoms with van der Waals surface area (Å²) < 4.78 is 15.8. The van der Waals surface area contributed by atoms with E-state index in [1.807, 2.05) is 0 Å². The summed E-state index contributed by atoms with van der Waals surface area (Å²) in [6, 6.07) is 11.9. The van der Waals surface area contributed by atoms with E-state index in [1.165, 1.54) is 21.1 Å². The highest BCUT2D eigenvalue weighted by molar-refractivity contribution is 5.97. The lowest BCUT2D eigenvalue weighted by molar-refractivity contribution is -0.118. The Balaban J connectivity index is 2.06. The summed E-state index contributed by atoms with van der Waals surface area (Å²) in [5.41, 5.74) is 0.912. The molecule has 2 rings (SSSR count). The molecule has 6 nitrogen and oxygen atoms in total. The van der Waals surface area contributed by atoms with Crippen molar-refractivity contribution in [3.05, 3.63) is 48.0 Å². The molecule has 126 valence electrons. The lowest BCUT2D eigenvalue weighted by atomic mass is 10.1. The second-order valence-electron chi connectivity index (χ2n) is 4.96. The summed E-state index contributed by atoms with van der Waals surface area (Å²) in [4.78, 5) is 23.7. The number of methoxy groups -OCH3 is 2. The predicted molar refractivity (Wildman–Crippen MR) is 90.1 cm³/mol. The maximum Gasteiger partial charge on any atom is 0.262 e. The van der Waals surface area contributed by atoms with Crippen molar-refractivity contribution in [1.82, 2.24) is 0 Å². The molecule has 0 atom stereocenters. The van der Waals surface area contributed by atoms with Gasteiger partial charge in [0.1, 0.15) is 17.2 Å². The van der Waals surface area contributed by atoms with Crippen molar-refractivity contribution in [3.8, 4) is 17.2 Å². The van der Waals surface area contributed by atoms with Gasteiger partial charge in [-0.25, -0.2) is 0 Å². The summed E-state index contributed by atoms with van der Waals surface area (Å²) >= 11 is 0. The van der Waals surface area contributed by atoms with E-state index in [2.05, 4.69) is 5.32 Å². The highest BCUT2D eigenvalue weighted by atomic mass is 16.5. The van der Waals surface area contributed by atoms with Crippen molar-refractivity contribution in [1.29, 1.82) is 0 Å². The van der Waals surface area contributed by atoms with E-state index in [9.17, 15) is 9.59 Å². The smallest absolute Gasteiger partial charge is 0.262 e. The van der Waals surface area contributed by atoms with Gasteiger partial charge in [-0.2, -0.15) is 0 Å². The SMILES string of the molecule is COc1ccc(OC)c(NC(=O)COc2ccccc2C(C)=O)c1. The molecule has 0 aliphatic rings. The molecule has 0 unspecified atom stereocenters. The highest BCUT2D eigenvalue weighted by Crippen LogP contribution is 2.28. The zero-order chi connectivity index (χ0) is 17.5. The number of benzene rings is 2. The fourth-order valence-corrected chi connectivity index (χ4v) is 2.12. The van der Waals surface area contributed by atoms with Gasteiger partial charge in [-0.1, -0.05) is 12.1 Å². The minimum atomic E-state index is -0.375. The molecule has 0 radical (unpaired) electrons. The number of carbonyl (C=O) groups is 2. The van der Waals surface area contributed by atoms with Crippen molar-refractivity contribution in [2.45, 2.75) is 6.92 Å². The summed E-state index contributed by atoms with van der Waals surface area (Å²) in [6.45, 7) is 1.22. The summed E-state index contributed by atoms with van der Waals surface area (Å²) in [7, 11) is 3.05. The van der Waals surface area contributed by atoms with E-state index in [0.29, 0.717) is 28.5 Å². The molecule has 0 fully saturated rings. The number of carbonyl (C=O) groups excluding carboxylic acids is 2. The fraction of sp³-hybridized carbons (Fsp3) is 0.222. The number of rotatable bonds is 7. The first-order valence-electron chi connectivity index (χ1n) is 7.29. The Morgan fingerprint density at radius 1 is 1.00 bits per heavy atom. The zero-order valence-corrected chi connectivity index (χ0v) is 13.8. The van der Waals surface area contributed by atoms with Crippen LogP contribution in [0.5, 0.6) is 17.2 Å². The number of anilines is 1. The van der Waals surface area contributed by atoms with E-state index in [1.54, 1.807) is 42.5 Å². The number of para-hydroxylation sites is 1. The molecular weight excluding hydrogens is 310 g/mol. The maximum absolute atomic E-state index is 12.1. The highest BCUT2D eigenvalue weighted by Gasteiger charge is 2.12. The lowest BCUT2D eigenvalue weighted by Crippen LogP contribution is -2.21. The lowest BCUT2D eigenvalue weighted by Gasteiger charge is -2.13. The minimum Gasteiger partial charge on any atom is -0.497 e. The molecule has 0 bridgehead atoms. The molecule has 24 heavy (non-hydrogen) atoms. The Labute approximate surface area is 140 Å². The molecule has 6 heteroatoms. The quantitative estimate of drug-likeness (QED) is 0.791. The molecule has 0 saturated heterocycles. The molecule has 0 spiro atoms. The summed E-state index contributed by atoms with van der Waals surface area (Å²) in [6.07, 6.45) is 0. The normalized spacial score (nSPS) is 9.96. The number of hydrogen-bond donors (Lipinski definition) is 1. The van der Waals surface area contributed by atoms with Crippen LogP contribution in [-0.4, -0.2) is 32.5 Å². The van der Waals surface area contributed by atoms with Crippen molar-refractivity contribution in [2.75, 3.05) is 26.1 Å².